The van der Waals surface area contributed by atoms with E-state index in [-0.39, 0.29) is 30.3 Å². The van der Waals surface area contributed by atoms with Crippen molar-refractivity contribution in [3.05, 3.63) is 58.1 Å². The molecule has 3 aromatic rings. The quantitative estimate of drug-likeness (QED) is 0.585. The zero-order chi connectivity index (χ0) is 21.4. The number of nitrogens with zero attached hydrogens (tertiary/aromatic N) is 1. The van der Waals surface area contributed by atoms with Crippen LogP contribution in [0.5, 0.6) is 0 Å². The van der Waals surface area contributed by atoms with Crippen molar-refractivity contribution in [1.82, 2.24) is 9.78 Å². The summed E-state index contributed by atoms with van der Waals surface area (Å²) in [6.45, 7) is 0.527. The minimum Gasteiger partial charge on any atom is -0.383 e. The van der Waals surface area contributed by atoms with Crippen LogP contribution < -0.4 is 10.3 Å². The number of hydrogen-bond acceptors (Lipinski definition) is 4. The molecule has 0 unspecified atom stereocenters. The number of aromatic nitrogens is 2. The van der Waals surface area contributed by atoms with Crippen LogP contribution in [0.1, 0.15) is 5.56 Å². The average Bonchev–Trinajstić information content (AvgIpc) is 2.94. The van der Waals surface area contributed by atoms with Crippen molar-refractivity contribution in [1.29, 1.82) is 0 Å². The third-order valence-electron chi connectivity index (χ3n) is 4.08. The maximum atomic E-state index is 13.4. The highest BCUT2D eigenvalue weighted by atomic mass is 32.2. The van der Waals surface area contributed by atoms with Crippen LogP contribution >= 0.6 is 0 Å². The Morgan fingerprint density at radius 1 is 1.17 bits per heavy atom. The molecule has 2 N–H and O–H groups in total. The van der Waals surface area contributed by atoms with E-state index in [1.165, 1.54) is 30.0 Å². The molecule has 7 nitrogen and oxygen atoms in total. The lowest BCUT2D eigenvalue weighted by Crippen LogP contribution is -2.19. The summed E-state index contributed by atoms with van der Waals surface area (Å²) in [5.74, 6) is -1.58. The molecule has 0 aliphatic heterocycles. The summed E-state index contributed by atoms with van der Waals surface area (Å²) in [6.07, 6.45) is -5.05. The molecule has 0 aliphatic rings. The number of alkyl halides is 3. The molecule has 29 heavy (non-hydrogen) atoms. The van der Waals surface area contributed by atoms with Gasteiger partial charge in [-0.25, -0.2) is 17.5 Å². The Kier molecular flexibility index (Phi) is 5.41. The largest absolute Gasteiger partial charge is 0.419 e. The number of sulfonamides is 1. The van der Waals surface area contributed by atoms with E-state index in [9.17, 15) is 30.8 Å². The van der Waals surface area contributed by atoms with Gasteiger partial charge in [0.2, 0.25) is 0 Å². The van der Waals surface area contributed by atoms with Gasteiger partial charge in [-0.2, -0.15) is 13.2 Å². The zero-order valence-corrected chi connectivity index (χ0v) is 15.7. The summed E-state index contributed by atoms with van der Waals surface area (Å²) in [5, 5.41) is 3.01. The fraction of sp³-hybridized carbons (Fsp3) is 0.235. The number of halogens is 4. The first-order chi connectivity index (χ1) is 13.5. The van der Waals surface area contributed by atoms with E-state index < -0.39 is 38.0 Å². The fourth-order valence-electron chi connectivity index (χ4n) is 2.67. The maximum absolute atomic E-state index is 13.4. The predicted octanol–water partition coefficient (Wildman–Crippen LogP) is 2.93. The van der Waals surface area contributed by atoms with Crippen molar-refractivity contribution in [2.24, 2.45) is 0 Å². The molecule has 0 spiro atoms. The van der Waals surface area contributed by atoms with Gasteiger partial charge >= 0.3 is 6.18 Å². The predicted molar refractivity (Wildman–Crippen MR) is 96.6 cm³/mol. The fourth-order valence-corrected chi connectivity index (χ4v) is 3.74. The second-order valence-corrected chi connectivity index (χ2v) is 7.75. The summed E-state index contributed by atoms with van der Waals surface area (Å²) in [4.78, 5) is 11.6. The topological polar surface area (TPSA) is 93.2 Å². The van der Waals surface area contributed by atoms with Crippen LogP contribution in [-0.2, 0) is 27.5 Å². The number of benzene rings is 2. The van der Waals surface area contributed by atoms with Gasteiger partial charge in [0.1, 0.15) is 5.82 Å². The molecule has 0 amide bonds. The molecule has 3 rings (SSSR count). The molecular weight excluding hydrogens is 418 g/mol. The van der Waals surface area contributed by atoms with Crippen LogP contribution in [0.25, 0.3) is 10.9 Å². The molecule has 0 saturated carbocycles. The number of nitrogens with one attached hydrogen (secondary N) is 2. The first-order valence-corrected chi connectivity index (χ1v) is 9.62. The van der Waals surface area contributed by atoms with Crippen molar-refractivity contribution >= 4 is 26.6 Å². The van der Waals surface area contributed by atoms with Crippen LogP contribution in [0.3, 0.4) is 0 Å². The van der Waals surface area contributed by atoms with Crippen molar-refractivity contribution < 1.29 is 30.7 Å². The lowest BCUT2D eigenvalue weighted by Gasteiger charge is -2.12. The zero-order valence-electron chi connectivity index (χ0n) is 14.9. The van der Waals surface area contributed by atoms with E-state index >= 15 is 0 Å². The first kappa shape index (κ1) is 20.9. The van der Waals surface area contributed by atoms with E-state index in [0.717, 1.165) is 6.07 Å². The Hall–Kier alpha value is -2.86. The highest BCUT2D eigenvalue weighted by molar-refractivity contribution is 7.92. The van der Waals surface area contributed by atoms with Crippen LogP contribution in [0.15, 0.2) is 46.1 Å². The van der Waals surface area contributed by atoms with Crippen molar-refractivity contribution in [2.75, 3.05) is 18.4 Å². The molecule has 1 heterocycles. The molecule has 0 radical (unpaired) electrons. The monoisotopic (exact) mass is 433 g/mol. The van der Waals surface area contributed by atoms with Crippen LogP contribution in [-0.4, -0.2) is 31.9 Å². The first-order valence-electron chi connectivity index (χ1n) is 8.14. The number of rotatable bonds is 6. The molecule has 1 aromatic heterocycles. The Morgan fingerprint density at radius 3 is 2.55 bits per heavy atom. The second kappa shape index (κ2) is 7.52. The number of hydrogen-bond donors (Lipinski definition) is 2. The van der Waals surface area contributed by atoms with Gasteiger partial charge in [0.15, 0.2) is 0 Å². The highest BCUT2D eigenvalue weighted by Crippen LogP contribution is 2.33. The van der Waals surface area contributed by atoms with Gasteiger partial charge in [-0.05, 0) is 36.4 Å². The molecule has 0 aliphatic carbocycles. The van der Waals surface area contributed by atoms with Gasteiger partial charge in [0.05, 0.1) is 34.5 Å². The van der Waals surface area contributed by atoms with Gasteiger partial charge in [-0.15, -0.1) is 0 Å². The summed E-state index contributed by atoms with van der Waals surface area (Å²) in [5.41, 5.74) is -1.71. The van der Waals surface area contributed by atoms with E-state index in [0.29, 0.717) is 11.6 Å². The van der Waals surface area contributed by atoms with Gasteiger partial charge < -0.3 is 4.74 Å². The van der Waals surface area contributed by atoms with E-state index in [1.54, 1.807) is 0 Å². The number of fused-ring (bicyclic) bond motifs is 1. The summed E-state index contributed by atoms with van der Waals surface area (Å²) in [7, 11) is -2.99. The van der Waals surface area contributed by atoms with Crippen LogP contribution in [0.2, 0.25) is 0 Å². The average molecular weight is 433 g/mol. The Balaban J connectivity index is 1.95. The number of aromatic amines is 1. The van der Waals surface area contributed by atoms with Gasteiger partial charge in [0.25, 0.3) is 15.6 Å². The molecule has 156 valence electrons. The smallest absolute Gasteiger partial charge is 0.383 e. The molecule has 0 bridgehead atoms. The van der Waals surface area contributed by atoms with E-state index in [4.69, 9.17) is 4.74 Å². The molecule has 0 saturated heterocycles. The van der Waals surface area contributed by atoms with Crippen LogP contribution in [0.4, 0.5) is 23.2 Å². The Bertz CT molecular complexity index is 1220. The van der Waals surface area contributed by atoms with Crippen molar-refractivity contribution in [3.63, 3.8) is 0 Å². The molecule has 12 heteroatoms. The number of anilines is 1. The van der Waals surface area contributed by atoms with Gasteiger partial charge in [-0.1, -0.05) is 0 Å². The minimum absolute atomic E-state index is 0.0367. The highest BCUT2D eigenvalue weighted by Gasteiger charge is 2.35. The normalized spacial score (nSPS) is 12.4. The number of H-pyrrole nitrogens is 1. The van der Waals surface area contributed by atoms with E-state index in [2.05, 4.69) is 9.82 Å². The van der Waals surface area contributed by atoms with Crippen LogP contribution in [0, 0.1) is 5.82 Å². The van der Waals surface area contributed by atoms with Crippen molar-refractivity contribution in [3.8, 4) is 0 Å². The van der Waals surface area contributed by atoms with Gasteiger partial charge in [-0.3, -0.25) is 14.6 Å². The number of ether oxygens (including phenoxy) is 1. The standard InChI is InChI=1S/C17H15F4N3O4S/c1-28-7-6-24-16(25)12-8-10(2-5-15(12)22-24)23-29(26,27)11-3-4-14(18)13(9-11)17(19,20)21/h2-5,8-9,22-23H,6-7H2,1H3. The molecule has 0 atom stereocenters. The third-order valence-corrected chi connectivity index (χ3v) is 5.45. The van der Waals surface area contributed by atoms with E-state index in [1.807, 2.05) is 0 Å². The Labute approximate surface area is 161 Å². The summed E-state index contributed by atoms with van der Waals surface area (Å²) < 4.78 is 85.1. The SMILES string of the molecule is COCCn1[nH]c2ccc(NS(=O)(=O)c3ccc(F)c(C(F)(F)F)c3)cc2c1=O. The van der Waals surface area contributed by atoms with Gasteiger partial charge in [0, 0.05) is 12.8 Å². The number of methoxy groups -OCH3 is 1. The minimum atomic E-state index is -5.05. The third kappa shape index (κ3) is 4.27. The molecular formula is C17H15F4N3O4S. The summed E-state index contributed by atoms with van der Waals surface area (Å²) in [6, 6.07) is 5.41. The maximum Gasteiger partial charge on any atom is 0.419 e. The Morgan fingerprint density at radius 2 is 1.90 bits per heavy atom. The lowest BCUT2D eigenvalue weighted by molar-refractivity contribution is -0.140. The molecule has 0 fully saturated rings. The van der Waals surface area contributed by atoms with Crippen molar-refractivity contribution in [2.45, 2.75) is 17.6 Å². The lowest BCUT2D eigenvalue weighted by atomic mass is 10.2. The summed E-state index contributed by atoms with van der Waals surface area (Å²) >= 11 is 0. The molecule has 2 aromatic carbocycles. The second-order valence-electron chi connectivity index (χ2n) is 6.07.